The van der Waals surface area contributed by atoms with E-state index < -0.39 is 0 Å². The van der Waals surface area contributed by atoms with E-state index in [0.29, 0.717) is 0 Å². The molecule has 0 saturated carbocycles. The second-order valence-electron chi connectivity index (χ2n) is 12.8. The van der Waals surface area contributed by atoms with E-state index in [9.17, 15) is 0 Å². The third-order valence-corrected chi connectivity index (χ3v) is 10.1. The van der Waals surface area contributed by atoms with Crippen LogP contribution in [0, 0.1) is 0 Å². The molecule has 0 saturated heterocycles. The summed E-state index contributed by atoms with van der Waals surface area (Å²) in [5.74, 6) is 0. The molecule has 0 aliphatic heterocycles. The van der Waals surface area contributed by atoms with Crippen molar-refractivity contribution in [2.75, 3.05) is 0 Å². The van der Waals surface area contributed by atoms with Gasteiger partial charge in [0, 0.05) is 5.41 Å². The number of hydrogen-bond acceptors (Lipinski definition) is 0. The standard InChI is InChI=1S/C45H32/c1-45(2)41-23-13-12-18-34(41)40-28-30(24-27-42(40)45)43-35-19-8-10-21-37(35)44(38-22-11-9-20-36(38)43)39-26-25-31(29-14-4-3-5-15-29)32-16-6-7-17-33(32)39/h3-28H,1-2H3. The molecule has 45 heavy (non-hydrogen) atoms. The third kappa shape index (κ3) is 3.79. The molecule has 0 fully saturated rings. The quantitative estimate of drug-likeness (QED) is 0.185. The average molecular weight is 573 g/mol. The summed E-state index contributed by atoms with van der Waals surface area (Å²) in [7, 11) is 0. The van der Waals surface area contributed by atoms with Gasteiger partial charge in [0.1, 0.15) is 0 Å². The van der Waals surface area contributed by atoms with Gasteiger partial charge in [-0.15, -0.1) is 0 Å². The number of fused-ring (bicyclic) bond motifs is 6. The van der Waals surface area contributed by atoms with Crippen molar-refractivity contribution in [3.8, 4) is 44.5 Å². The van der Waals surface area contributed by atoms with Crippen LogP contribution < -0.4 is 0 Å². The maximum atomic E-state index is 2.45. The van der Waals surface area contributed by atoms with Crippen LogP contribution in [0.25, 0.3) is 76.8 Å². The molecule has 8 aromatic rings. The average Bonchev–Trinajstić information content (AvgIpc) is 3.33. The lowest BCUT2D eigenvalue weighted by Gasteiger charge is -2.22. The van der Waals surface area contributed by atoms with Crippen LogP contribution in [0.5, 0.6) is 0 Å². The van der Waals surface area contributed by atoms with Crippen LogP contribution in [0.1, 0.15) is 25.0 Å². The minimum Gasteiger partial charge on any atom is -0.0622 e. The van der Waals surface area contributed by atoms with E-state index >= 15 is 0 Å². The number of benzene rings is 8. The van der Waals surface area contributed by atoms with Gasteiger partial charge in [-0.2, -0.15) is 0 Å². The van der Waals surface area contributed by atoms with Crippen LogP contribution in [0.3, 0.4) is 0 Å². The van der Waals surface area contributed by atoms with E-state index in [2.05, 4.69) is 172 Å². The highest BCUT2D eigenvalue weighted by atomic mass is 14.4. The van der Waals surface area contributed by atoms with Crippen LogP contribution in [0.2, 0.25) is 0 Å². The van der Waals surface area contributed by atoms with Gasteiger partial charge in [-0.05, 0) is 94.0 Å². The van der Waals surface area contributed by atoms with Crippen molar-refractivity contribution < 1.29 is 0 Å². The Labute approximate surface area is 264 Å². The Morgan fingerprint density at radius 2 is 0.800 bits per heavy atom. The van der Waals surface area contributed by atoms with Crippen molar-refractivity contribution in [3.05, 3.63) is 169 Å². The Kier molecular flexibility index (Phi) is 5.64. The zero-order valence-corrected chi connectivity index (χ0v) is 25.5. The molecular formula is C45H32. The topological polar surface area (TPSA) is 0 Å². The molecule has 0 spiro atoms. The lowest BCUT2D eigenvalue weighted by atomic mass is 9.81. The minimum atomic E-state index is -0.00851. The highest BCUT2D eigenvalue weighted by Crippen LogP contribution is 2.51. The Bertz CT molecular complexity index is 2390. The predicted molar refractivity (Wildman–Crippen MR) is 193 cm³/mol. The summed E-state index contributed by atoms with van der Waals surface area (Å²) in [6.45, 7) is 4.70. The molecule has 8 aromatic carbocycles. The molecule has 0 nitrogen and oxygen atoms in total. The molecule has 9 rings (SSSR count). The SMILES string of the molecule is CC1(C)c2ccccc2-c2cc(-c3c4ccccc4c(-c4ccc(-c5ccccc5)c5ccccc45)c4ccccc34)ccc21. The van der Waals surface area contributed by atoms with Gasteiger partial charge in [0.2, 0.25) is 0 Å². The molecule has 0 aromatic heterocycles. The fourth-order valence-electron chi connectivity index (χ4n) is 7.99. The first-order valence-electron chi connectivity index (χ1n) is 15.9. The highest BCUT2D eigenvalue weighted by molar-refractivity contribution is 6.24. The monoisotopic (exact) mass is 572 g/mol. The number of hydrogen-bond donors (Lipinski definition) is 0. The Hall–Kier alpha value is -5.46. The van der Waals surface area contributed by atoms with Crippen molar-refractivity contribution in [2.24, 2.45) is 0 Å². The molecular weight excluding hydrogens is 540 g/mol. The molecule has 0 bridgehead atoms. The van der Waals surface area contributed by atoms with Crippen LogP contribution >= 0.6 is 0 Å². The summed E-state index contributed by atoms with van der Waals surface area (Å²) in [6.07, 6.45) is 0. The maximum Gasteiger partial charge on any atom is 0.0158 e. The first-order chi connectivity index (χ1) is 22.1. The van der Waals surface area contributed by atoms with E-state index in [1.54, 1.807) is 0 Å². The molecule has 0 N–H and O–H groups in total. The van der Waals surface area contributed by atoms with E-state index in [0.717, 1.165) is 0 Å². The molecule has 1 aliphatic carbocycles. The zero-order valence-electron chi connectivity index (χ0n) is 25.5. The Morgan fingerprint density at radius 1 is 0.311 bits per heavy atom. The van der Waals surface area contributed by atoms with Gasteiger partial charge >= 0.3 is 0 Å². The molecule has 1 aliphatic rings. The smallest absolute Gasteiger partial charge is 0.0158 e. The van der Waals surface area contributed by atoms with Crippen LogP contribution in [-0.4, -0.2) is 0 Å². The summed E-state index contributed by atoms with van der Waals surface area (Å²) in [5.41, 5.74) is 13.2. The van der Waals surface area contributed by atoms with Crippen molar-refractivity contribution in [3.63, 3.8) is 0 Å². The summed E-state index contributed by atoms with van der Waals surface area (Å²) >= 11 is 0. The lowest BCUT2D eigenvalue weighted by Crippen LogP contribution is -2.14. The molecule has 0 radical (unpaired) electrons. The zero-order chi connectivity index (χ0) is 30.1. The molecule has 0 atom stereocenters. The van der Waals surface area contributed by atoms with E-state index in [-0.39, 0.29) is 5.41 Å². The van der Waals surface area contributed by atoms with Gasteiger partial charge in [-0.25, -0.2) is 0 Å². The van der Waals surface area contributed by atoms with Gasteiger partial charge in [0.15, 0.2) is 0 Å². The summed E-state index contributed by atoms with van der Waals surface area (Å²) in [4.78, 5) is 0. The van der Waals surface area contributed by atoms with Gasteiger partial charge in [-0.1, -0.05) is 166 Å². The van der Waals surface area contributed by atoms with Gasteiger partial charge in [-0.3, -0.25) is 0 Å². The van der Waals surface area contributed by atoms with Crippen LogP contribution in [0.15, 0.2) is 158 Å². The van der Waals surface area contributed by atoms with Crippen LogP contribution in [0.4, 0.5) is 0 Å². The van der Waals surface area contributed by atoms with E-state index in [1.807, 2.05) is 0 Å². The Morgan fingerprint density at radius 3 is 1.47 bits per heavy atom. The number of rotatable bonds is 3. The molecule has 0 amide bonds. The van der Waals surface area contributed by atoms with Crippen LogP contribution in [-0.2, 0) is 5.41 Å². The molecule has 0 heterocycles. The van der Waals surface area contributed by atoms with Gasteiger partial charge in [0.25, 0.3) is 0 Å². The third-order valence-electron chi connectivity index (χ3n) is 10.1. The molecule has 212 valence electrons. The van der Waals surface area contributed by atoms with Crippen molar-refractivity contribution in [1.29, 1.82) is 0 Å². The lowest BCUT2D eigenvalue weighted by molar-refractivity contribution is 0.660. The first kappa shape index (κ1) is 26.0. The largest absolute Gasteiger partial charge is 0.0622 e. The summed E-state index contributed by atoms with van der Waals surface area (Å²) < 4.78 is 0. The minimum absolute atomic E-state index is 0.00851. The van der Waals surface area contributed by atoms with Crippen molar-refractivity contribution >= 4 is 32.3 Å². The fourth-order valence-corrected chi connectivity index (χ4v) is 7.99. The Balaban J connectivity index is 1.35. The van der Waals surface area contributed by atoms with Gasteiger partial charge in [0.05, 0.1) is 0 Å². The molecule has 0 unspecified atom stereocenters. The predicted octanol–water partition coefficient (Wildman–Crippen LogP) is 12.5. The second kappa shape index (κ2) is 9.78. The normalized spacial score (nSPS) is 13.3. The van der Waals surface area contributed by atoms with Crippen molar-refractivity contribution in [2.45, 2.75) is 19.3 Å². The fraction of sp³-hybridized carbons (Fsp3) is 0.0667. The van der Waals surface area contributed by atoms with E-state index in [1.165, 1.54) is 88.0 Å². The molecule has 0 heteroatoms. The second-order valence-corrected chi connectivity index (χ2v) is 12.8. The maximum absolute atomic E-state index is 2.45. The van der Waals surface area contributed by atoms with Crippen molar-refractivity contribution in [1.82, 2.24) is 0 Å². The van der Waals surface area contributed by atoms with E-state index in [4.69, 9.17) is 0 Å². The first-order valence-corrected chi connectivity index (χ1v) is 15.9. The summed E-state index contributed by atoms with van der Waals surface area (Å²) in [5, 5.41) is 7.69. The highest BCUT2D eigenvalue weighted by Gasteiger charge is 2.35. The van der Waals surface area contributed by atoms with Gasteiger partial charge < -0.3 is 0 Å². The summed E-state index contributed by atoms with van der Waals surface area (Å²) in [6, 6.07) is 58.4.